The van der Waals surface area contributed by atoms with Crippen LogP contribution in [0.5, 0.6) is 5.75 Å². The van der Waals surface area contributed by atoms with Gasteiger partial charge in [0.15, 0.2) is 0 Å². The van der Waals surface area contributed by atoms with Crippen molar-refractivity contribution in [3.63, 3.8) is 0 Å². The van der Waals surface area contributed by atoms with Crippen LogP contribution < -0.4 is 10.3 Å². The van der Waals surface area contributed by atoms with Crippen LogP contribution in [0.25, 0.3) is 11.1 Å². The van der Waals surface area contributed by atoms with Gasteiger partial charge in [0.05, 0.1) is 4.90 Å². The Morgan fingerprint density at radius 2 is 1.62 bits per heavy atom. The summed E-state index contributed by atoms with van der Waals surface area (Å²) in [5.74, 6) is -0.134. The average Bonchev–Trinajstić information content (AvgIpc) is 2.81. The van der Waals surface area contributed by atoms with Crippen LogP contribution in [0, 0.1) is 6.92 Å². The molecule has 0 radical (unpaired) electrons. The highest BCUT2D eigenvalue weighted by Gasteiger charge is 2.22. The third-order valence-electron chi connectivity index (χ3n) is 5.11. The zero-order valence-electron chi connectivity index (χ0n) is 18.4. The van der Waals surface area contributed by atoms with Crippen molar-refractivity contribution in [2.75, 3.05) is 10.5 Å². The summed E-state index contributed by atoms with van der Waals surface area (Å²) in [5, 5.41) is 10.4. The summed E-state index contributed by atoms with van der Waals surface area (Å²) in [6, 6.07) is 25.0. The van der Waals surface area contributed by atoms with E-state index in [1.165, 1.54) is 6.07 Å². The van der Waals surface area contributed by atoms with Crippen LogP contribution in [0.1, 0.15) is 11.1 Å². The first-order valence-corrected chi connectivity index (χ1v) is 13.0. The summed E-state index contributed by atoms with van der Waals surface area (Å²) in [6.07, 6.45) is 0.703. The number of sulfonamides is 1. The van der Waals surface area contributed by atoms with Crippen LogP contribution in [0.4, 0.5) is 5.88 Å². The van der Waals surface area contributed by atoms with E-state index in [0.29, 0.717) is 17.7 Å². The van der Waals surface area contributed by atoms with Gasteiger partial charge in [-0.2, -0.15) is 0 Å². The number of nitrogens with one attached hydrogen (secondary N) is 1. The highest BCUT2D eigenvalue weighted by atomic mass is 32.2. The predicted octanol–water partition coefficient (Wildman–Crippen LogP) is 5.46. The maximum atomic E-state index is 13.2. The first kappa shape index (κ1) is 23.7. The maximum Gasteiger partial charge on any atom is 0.355 e. The Labute approximate surface area is 202 Å². The second kappa shape index (κ2) is 10.2. The fourth-order valence-electron chi connectivity index (χ4n) is 3.48. The lowest BCUT2D eigenvalue weighted by molar-refractivity contribution is 0.432. The molecule has 2 N–H and O–H groups in total. The molecule has 0 amide bonds. The van der Waals surface area contributed by atoms with Crippen LogP contribution in [0.15, 0.2) is 104 Å². The van der Waals surface area contributed by atoms with Gasteiger partial charge in [0, 0.05) is 17.4 Å². The second-order valence-electron chi connectivity index (χ2n) is 7.67. The van der Waals surface area contributed by atoms with E-state index in [1.807, 2.05) is 67.6 Å². The first-order chi connectivity index (χ1) is 16.3. The standard InChI is InChI=1S/C26H23NO5S2/c1-18-12-13-23(21(16-18)20-10-6-3-7-11-20)34(30,31)27-24-17-22(28)25(26(29)32-24)33-15-14-19-8-4-2-5-9-19/h2-13,16-17,27-28H,14-15H2,1H3. The molecule has 1 aromatic heterocycles. The number of hydrogen-bond donors (Lipinski definition) is 2. The molecule has 0 atom stereocenters. The van der Waals surface area contributed by atoms with Crippen molar-refractivity contribution in [3.8, 4) is 16.9 Å². The Bertz CT molecular complexity index is 1450. The largest absolute Gasteiger partial charge is 0.506 e. The van der Waals surface area contributed by atoms with Crippen molar-refractivity contribution in [2.45, 2.75) is 23.1 Å². The molecule has 0 saturated heterocycles. The number of aryl methyl sites for hydroxylation is 2. The van der Waals surface area contributed by atoms with Crippen molar-refractivity contribution < 1.29 is 17.9 Å². The Kier molecular flexibility index (Phi) is 7.09. The van der Waals surface area contributed by atoms with Crippen molar-refractivity contribution in [1.29, 1.82) is 0 Å². The zero-order valence-corrected chi connectivity index (χ0v) is 20.0. The Morgan fingerprint density at radius 3 is 2.29 bits per heavy atom. The summed E-state index contributed by atoms with van der Waals surface area (Å²) >= 11 is 1.16. The van der Waals surface area contributed by atoms with Crippen LogP contribution in [-0.2, 0) is 16.4 Å². The summed E-state index contributed by atoms with van der Waals surface area (Å²) in [6.45, 7) is 1.88. The normalized spacial score (nSPS) is 11.3. The molecule has 6 nitrogen and oxygen atoms in total. The molecule has 3 aromatic carbocycles. The third kappa shape index (κ3) is 5.52. The second-order valence-corrected chi connectivity index (χ2v) is 10.4. The molecule has 0 bridgehead atoms. The molecule has 0 spiro atoms. The van der Waals surface area contributed by atoms with Gasteiger partial charge in [-0.25, -0.2) is 17.9 Å². The average molecular weight is 494 g/mol. The first-order valence-electron chi connectivity index (χ1n) is 10.6. The van der Waals surface area contributed by atoms with Crippen LogP contribution in [0.2, 0.25) is 0 Å². The van der Waals surface area contributed by atoms with Gasteiger partial charge in [0.25, 0.3) is 10.0 Å². The minimum Gasteiger partial charge on any atom is -0.506 e. The van der Waals surface area contributed by atoms with E-state index >= 15 is 0 Å². The molecule has 8 heteroatoms. The molecule has 34 heavy (non-hydrogen) atoms. The third-order valence-corrected chi connectivity index (χ3v) is 7.59. The smallest absolute Gasteiger partial charge is 0.355 e. The van der Waals surface area contributed by atoms with Gasteiger partial charge in [-0.3, -0.25) is 0 Å². The van der Waals surface area contributed by atoms with Crippen LogP contribution >= 0.6 is 11.8 Å². The molecule has 0 aliphatic rings. The van der Waals surface area contributed by atoms with Crippen molar-refractivity contribution in [2.24, 2.45) is 0 Å². The Balaban J connectivity index is 1.57. The van der Waals surface area contributed by atoms with E-state index < -0.39 is 15.6 Å². The lowest BCUT2D eigenvalue weighted by Gasteiger charge is -2.13. The Morgan fingerprint density at radius 1 is 0.941 bits per heavy atom. The molecular weight excluding hydrogens is 470 g/mol. The minimum atomic E-state index is -4.11. The van der Waals surface area contributed by atoms with Gasteiger partial charge in [-0.15, -0.1) is 11.8 Å². The number of anilines is 1. The molecule has 1 heterocycles. The lowest BCUT2D eigenvalue weighted by Crippen LogP contribution is -2.16. The van der Waals surface area contributed by atoms with Gasteiger partial charge in [0.2, 0.25) is 5.88 Å². The number of thioether (sulfide) groups is 1. The summed E-state index contributed by atoms with van der Waals surface area (Å²) in [5.41, 5.74) is 2.46. The molecule has 174 valence electrons. The van der Waals surface area contributed by atoms with Gasteiger partial charge >= 0.3 is 5.63 Å². The molecule has 0 aliphatic carbocycles. The van der Waals surface area contributed by atoms with E-state index in [-0.39, 0.29) is 21.4 Å². The molecule has 0 fully saturated rings. The minimum absolute atomic E-state index is 0.0350. The highest BCUT2D eigenvalue weighted by Crippen LogP contribution is 2.32. The van der Waals surface area contributed by atoms with Gasteiger partial charge in [0.1, 0.15) is 10.6 Å². The molecule has 4 aromatic rings. The topological polar surface area (TPSA) is 96.6 Å². The lowest BCUT2D eigenvalue weighted by atomic mass is 10.0. The highest BCUT2D eigenvalue weighted by molar-refractivity contribution is 7.99. The summed E-state index contributed by atoms with van der Waals surface area (Å²) in [4.78, 5) is 12.6. The van der Waals surface area contributed by atoms with Crippen LogP contribution in [-0.4, -0.2) is 19.3 Å². The Hall–Kier alpha value is -3.49. The molecule has 0 unspecified atom stereocenters. The summed E-state index contributed by atoms with van der Waals surface area (Å²) in [7, 11) is -4.11. The zero-order chi connectivity index (χ0) is 24.1. The monoisotopic (exact) mass is 493 g/mol. The fraction of sp³-hybridized carbons (Fsp3) is 0.115. The SMILES string of the molecule is Cc1ccc(S(=O)(=O)Nc2cc(O)c(SCCc3ccccc3)c(=O)o2)c(-c2ccccc2)c1. The quantitative estimate of drug-likeness (QED) is 0.317. The predicted molar refractivity (Wildman–Crippen MR) is 135 cm³/mol. The van der Waals surface area contributed by atoms with Gasteiger partial charge < -0.3 is 9.52 Å². The summed E-state index contributed by atoms with van der Waals surface area (Å²) < 4.78 is 33.9. The van der Waals surface area contributed by atoms with E-state index in [0.717, 1.165) is 34.5 Å². The number of rotatable bonds is 8. The maximum absolute atomic E-state index is 13.2. The van der Waals surface area contributed by atoms with E-state index in [9.17, 15) is 18.3 Å². The van der Waals surface area contributed by atoms with Crippen molar-refractivity contribution >= 4 is 27.7 Å². The fourth-order valence-corrected chi connectivity index (χ4v) is 5.57. The van der Waals surface area contributed by atoms with Crippen molar-refractivity contribution in [1.82, 2.24) is 0 Å². The number of benzene rings is 3. The van der Waals surface area contributed by atoms with Crippen LogP contribution in [0.3, 0.4) is 0 Å². The number of aromatic hydroxyl groups is 1. The van der Waals surface area contributed by atoms with Gasteiger partial charge in [-0.1, -0.05) is 78.4 Å². The van der Waals surface area contributed by atoms with Crippen molar-refractivity contribution in [3.05, 3.63) is 106 Å². The molecule has 4 rings (SSSR count). The van der Waals surface area contributed by atoms with E-state index in [1.54, 1.807) is 12.1 Å². The molecular formula is C26H23NO5S2. The molecule has 0 saturated carbocycles. The van der Waals surface area contributed by atoms with Gasteiger partial charge in [-0.05, 0) is 30.5 Å². The molecule has 0 aliphatic heterocycles. The number of hydrogen-bond acceptors (Lipinski definition) is 6. The van der Waals surface area contributed by atoms with E-state index in [4.69, 9.17) is 4.42 Å². The van der Waals surface area contributed by atoms with E-state index in [2.05, 4.69) is 4.72 Å².